The third-order valence-corrected chi connectivity index (χ3v) is 3.68. The van der Waals surface area contributed by atoms with Crippen LogP contribution in [0.4, 0.5) is 11.5 Å². The molecular weight excluding hydrogens is 334 g/mol. The molecule has 7 heteroatoms. The summed E-state index contributed by atoms with van der Waals surface area (Å²) in [6.45, 7) is 0. The minimum absolute atomic E-state index is 0.211. The molecule has 0 aliphatic rings. The summed E-state index contributed by atoms with van der Waals surface area (Å²) in [5.74, 6) is 0.155. The van der Waals surface area contributed by atoms with Crippen LogP contribution >= 0.6 is 0 Å². The van der Waals surface area contributed by atoms with Gasteiger partial charge in [0.05, 0.1) is 18.0 Å². The summed E-state index contributed by atoms with van der Waals surface area (Å²) in [5.41, 5.74) is 1.30. The van der Waals surface area contributed by atoms with Gasteiger partial charge in [-0.3, -0.25) is 9.59 Å². The Hall–Kier alpha value is -3.87. The molecule has 0 atom stereocenters. The molecule has 0 bridgehead atoms. The number of furan rings is 2. The maximum absolute atomic E-state index is 12.0. The average Bonchev–Trinajstić information content (AvgIpc) is 3.35. The number of aromatic nitrogens is 1. The maximum Gasteiger partial charge on any atom is 0.292 e. The van der Waals surface area contributed by atoms with Gasteiger partial charge in [0.1, 0.15) is 5.82 Å². The fraction of sp³-hybridized carbons (Fsp3) is 0. The largest absolute Gasteiger partial charge is 0.459 e. The molecule has 2 amide bonds. The average molecular weight is 347 g/mol. The lowest BCUT2D eigenvalue weighted by atomic mass is 10.2. The first kappa shape index (κ1) is 15.6. The highest BCUT2D eigenvalue weighted by molar-refractivity contribution is 6.04. The summed E-state index contributed by atoms with van der Waals surface area (Å²) in [5, 5.41) is 6.25. The van der Waals surface area contributed by atoms with Crippen LogP contribution in [0.2, 0.25) is 0 Å². The van der Waals surface area contributed by atoms with E-state index in [-0.39, 0.29) is 23.3 Å². The van der Waals surface area contributed by atoms with Crippen molar-refractivity contribution in [3.05, 3.63) is 78.6 Å². The van der Waals surface area contributed by atoms with E-state index in [4.69, 9.17) is 8.83 Å². The van der Waals surface area contributed by atoms with E-state index in [0.717, 1.165) is 5.39 Å². The predicted molar refractivity (Wildman–Crippen MR) is 95.1 cm³/mol. The summed E-state index contributed by atoms with van der Waals surface area (Å²) in [4.78, 5) is 28.4. The second-order valence-electron chi connectivity index (χ2n) is 5.47. The lowest BCUT2D eigenvalue weighted by Crippen LogP contribution is -2.12. The van der Waals surface area contributed by atoms with Gasteiger partial charge in [0.25, 0.3) is 11.8 Å². The molecule has 0 aliphatic carbocycles. The Morgan fingerprint density at radius 3 is 2.15 bits per heavy atom. The van der Waals surface area contributed by atoms with Crippen molar-refractivity contribution >= 4 is 34.2 Å². The molecule has 0 spiro atoms. The fourth-order valence-corrected chi connectivity index (χ4v) is 2.46. The van der Waals surface area contributed by atoms with Crippen LogP contribution in [0.5, 0.6) is 0 Å². The van der Waals surface area contributed by atoms with Gasteiger partial charge in [0.15, 0.2) is 11.5 Å². The molecule has 4 aromatic rings. The number of nitrogens with one attached hydrogen (secondary N) is 2. The number of benzene rings is 1. The Bertz CT molecular complexity index is 982. The van der Waals surface area contributed by atoms with Gasteiger partial charge >= 0.3 is 0 Å². The number of amides is 2. The van der Waals surface area contributed by atoms with Gasteiger partial charge < -0.3 is 19.5 Å². The molecule has 0 saturated carbocycles. The van der Waals surface area contributed by atoms with Crippen LogP contribution in [-0.2, 0) is 0 Å². The predicted octanol–water partition coefficient (Wildman–Crippen LogP) is 3.93. The Balaban J connectivity index is 1.52. The smallest absolute Gasteiger partial charge is 0.292 e. The lowest BCUT2D eigenvalue weighted by molar-refractivity contribution is 0.0989. The maximum atomic E-state index is 12.0. The van der Waals surface area contributed by atoms with E-state index in [1.54, 1.807) is 48.5 Å². The molecule has 0 aliphatic heterocycles. The van der Waals surface area contributed by atoms with E-state index in [9.17, 15) is 9.59 Å². The summed E-state index contributed by atoms with van der Waals surface area (Å²) >= 11 is 0. The van der Waals surface area contributed by atoms with E-state index in [1.807, 2.05) is 6.07 Å². The van der Waals surface area contributed by atoms with Crippen molar-refractivity contribution in [3.8, 4) is 0 Å². The van der Waals surface area contributed by atoms with Gasteiger partial charge in [-0.15, -0.1) is 0 Å². The first-order valence-corrected chi connectivity index (χ1v) is 7.79. The fourth-order valence-electron chi connectivity index (χ4n) is 2.46. The summed E-state index contributed by atoms with van der Waals surface area (Å²) in [6.07, 6.45) is 2.87. The zero-order valence-electron chi connectivity index (χ0n) is 13.4. The van der Waals surface area contributed by atoms with Crippen LogP contribution in [-0.4, -0.2) is 16.8 Å². The van der Waals surface area contributed by atoms with Crippen LogP contribution in [0, 0.1) is 0 Å². The Labute approximate surface area is 147 Å². The van der Waals surface area contributed by atoms with E-state index in [1.165, 1.54) is 12.5 Å². The number of hydrogen-bond acceptors (Lipinski definition) is 5. The minimum atomic E-state index is -0.371. The van der Waals surface area contributed by atoms with Crippen molar-refractivity contribution in [2.45, 2.75) is 0 Å². The zero-order valence-corrected chi connectivity index (χ0v) is 13.4. The molecule has 128 valence electrons. The Morgan fingerprint density at radius 1 is 0.808 bits per heavy atom. The van der Waals surface area contributed by atoms with Gasteiger partial charge in [-0.05, 0) is 54.6 Å². The third kappa shape index (κ3) is 3.18. The van der Waals surface area contributed by atoms with Crippen molar-refractivity contribution in [1.29, 1.82) is 0 Å². The van der Waals surface area contributed by atoms with Gasteiger partial charge in [-0.1, -0.05) is 0 Å². The molecule has 3 heterocycles. The Morgan fingerprint density at radius 2 is 1.50 bits per heavy atom. The molecule has 7 nitrogen and oxygen atoms in total. The zero-order chi connectivity index (χ0) is 17.9. The number of fused-ring (bicyclic) bond motifs is 1. The van der Waals surface area contributed by atoms with Crippen LogP contribution < -0.4 is 10.6 Å². The topological polar surface area (TPSA) is 97.4 Å². The standard InChI is InChI=1S/C19H13N3O4/c23-18(15-3-1-9-25-15)20-13-6-7-14-12(11-13)5-8-17(21-14)22-19(24)16-4-2-10-26-16/h1-11H,(H,20,23)(H,21,22,24). The van der Waals surface area contributed by atoms with Crippen LogP contribution in [0.3, 0.4) is 0 Å². The number of pyridine rings is 1. The van der Waals surface area contributed by atoms with Crippen LogP contribution in [0.15, 0.2) is 76.0 Å². The highest BCUT2D eigenvalue weighted by Gasteiger charge is 2.11. The minimum Gasteiger partial charge on any atom is -0.459 e. The molecule has 4 rings (SSSR count). The highest BCUT2D eigenvalue weighted by atomic mass is 16.3. The van der Waals surface area contributed by atoms with E-state index in [0.29, 0.717) is 17.0 Å². The summed E-state index contributed by atoms with van der Waals surface area (Å²) in [7, 11) is 0. The molecule has 0 fully saturated rings. The second-order valence-corrected chi connectivity index (χ2v) is 5.47. The summed E-state index contributed by atoms with van der Waals surface area (Å²) in [6, 6.07) is 15.2. The number of anilines is 2. The van der Waals surface area contributed by atoms with Crippen molar-refractivity contribution in [2.24, 2.45) is 0 Å². The van der Waals surface area contributed by atoms with Crippen molar-refractivity contribution in [2.75, 3.05) is 10.6 Å². The van der Waals surface area contributed by atoms with Gasteiger partial charge in [-0.25, -0.2) is 4.98 Å². The number of rotatable bonds is 4. The molecule has 0 radical (unpaired) electrons. The second kappa shape index (κ2) is 6.56. The van der Waals surface area contributed by atoms with Gasteiger partial charge in [-0.2, -0.15) is 0 Å². The first-order valence-electron chi connectivity index (χ1n) is 7.79. The number of carbonyl (C=O) groups excluding carboxylic acids is 2. The third-order valence-electron chi connectivity index (χ3n) is 3.68. The summed E-state index contributed by atoms with van der Waals surface area (Å²) < 4.78 is 10.1. The lowest BCUT2D eigenvalue weighted by Gasteiger charge is -2.07. The quantitative estimate of drug-likeness (QED) is 0.583. The highest BCUT2D eigenvalue weighted by Crippen LogP contribution is 2.21. The van der Waals surface area contributed by atoms with Crippen molar-refractivity contribution < 1.29 is 18.4 Å². The van der Waals surface area contributed by atoms with E-state index < -0.39 is 0 Å². The molecular formula is C19H13N3O4. The Kier molecular flexibility index (Phi) is 3.95. The first-order chi connectivity index (χ1) is 12.7. The van der Waals surface area contributed by atoms with E-state index >= 15 is 0 Å². The van der Waals surface area contributed by atoms with Crippen molar-refractivity contribution in [1.82, 2.24) is 4.98 Å². The molecule has 0 unspecified atom stereocenters. The molecule has 2 N–H and O–H groups in total. The van der Waals surface area contributed by atoms with Gasteiger partial charge in [0.2, 0.25) is 0 Å². The molecule has 0 saturated heterocycles. The molecule has 1 aromatic carbocycles. The van der Waals surface area contributed by atoms with Crippen molar-refractivity contribution in [3.63, 3.8) is 0 Å². The SMILES string of the molecule is O=C(Nc1ccc2nc(NC(=O)c3ccco3)ccc2c1)c1ccco1. The monoisotopic (exact) mass is 347 g/mol. The normalized spacial score (nSPS) is 10.6. The number of carbonyl (C=O) groups is 2. The number of hydrogen-bond donors (Lipinski definition) is 2. The van der Waals surface area contributed by atoms with Crippen LogP contribution in [0.1, 0.15) is 21.1 Å². The van der Waals surface area contributed by atoms with Gasteiger partial charge in [0, 0.05) is 11.1 Å². The molecule has 3 aromatic heterocycles. The molecule has 26 heavy (non-hydrogen) atoms. The van der Waals surface area contributed by atoms with Crippen LogP contribution in [0.25, 0.3) is 10.9 Å². The van der Waals surface area contributed by atoms with E-state index in [2.05, 4.69) is 15.6 Å². The number of nitrogens with zero attached hydrogens (tertiary/aromatic N) is 1.